The molecule has 158 valence electrons. The van der Waals surface area contributed by atoms with Gasteiger partial charge < -0.3 is 5.32 Å². The lowest BCUT2D eigenvalue weighted by molar-refractivity contribution is -0.122. The number of amides is 5. The molecule has 3 rings (SSSR count). The molecule has 0 atom stereocenters. The third-order valence-corrected chi connectivity index (χ3v) is 5.88. The van der Waals surface area contributed by atoms with Crippen LogP contribution in [0.4, 0.5) is 32.8 Å². The number of hydrogen-bond acceptors (Lipinski definition) is 4. The molecule has 0 unspecified atom stereocenters. The van der Waals surface area contributed by atoms with E-state index in [0.29, 0.717) is 16.7 Å². The first-order valence-corrected chi connectivity index (χ1v) is 9.80. The van der Waals surface area contributed by atoms with Crippen molar-refractivity contribution in [2.45, 2.75) is 56.3 Å². The van der Waals surface area contributed by atoms with Gasteiger partial charge in [0, 0.05) is 10.9 Å². The van der Waals surface area contributed by atoms with Gasteiger partial charge in [-0.05, 0) is 51.3 Å². The monoisotopic (exact) mass is 433 g/mol. The van der Waals surface area contributed by atoms with E-state index in [-0.39, 0.29) is 16.5 Å². The molecule has 1 aromatic carbocycles. The number of nitrogens with one attached hydrogen (secondary N) is 1. The first-order chi connectivity index (χ1) is 13.3. The molecule has 1 heterocycles. The number of aryl methyl sites for hydroxylation is 1. The van der Waals surface area contributed by atoms with Crippen LogP contribution in [0, 0.1) is 12.7 Å². The van der Waals surface area contributed by atoms with Crippen molar-refractivity contribution in [2.75, 3.05) is 10.7 Å². The number of carbonyl (C=O) groups is 3. The molecule has 0 bridgehead atoms. The molecule has 0 spiro atoms. The van der Waals surface area contributed by atoms with Gasteiger partial charge >= 0.3 is 18.2 Å². The molecule has 1 N–H and O–H groups in total. The van der Waals surface area contributed by atoms with Crippen LogP contribution in [0.25, 0.3) is 0 Å². The molecule has 0 radical (unpaired) electrons. The SMILES string of the molecule is Cc1cc(F)c(N2C(=O)N(C(=O)NC3CC3)C(C)(C)C2=O)cc1SCC(F)(F)F. The van der Waals surface area contributed by atoms with E-state index in [4.69, 9.17) is 0 Å². The fourth-order valence-corrected chi connectivity index (χ4v) is 3.74. The molecule has 6 nitrogen and oxygen atoms in total. The van der Waals surface area contributed by atoms with E-state index in [1.54, 1.807) is 0 Å². The highest BCUT2D eigenvalue weighted by atomic mass is 32.2. The average molecular weight is 433 g/mol. The Hall–Kier alpha value is -2.30. The fourth-order valence-electron chi connectivity index (χ4n) is 2.94. The highest BCUT2D eigenvalue weighted by Crippen LogP contribution is 2.38. The number of anilines is 1. The summed E-state index contributed by atoms with van der Waals surface area (Å²) in [6.45, 7) is 4.13. The van der Waals surface area contributed by atoms with Crippen LogP contribution in [0.1, 0.15) is 32.3 Å². The number of carbonyl (C=O) groups excluding carboxylic acids is 3. The Morgan fingerprint density at radius 2 is 1.90 bits per heavy atom. The van der Waals surface area contributed by atoms with E-state index in [1.165, 1.54) is 20.8 Å². The lowest BCUT2D eigenvalue weighted by Gasteiger charge is -2.25. The number of nitrogens with zero attached hydrogens (tertiary/aromatic N) is 2. The van der Waals surface area contributed by atoms with Crippen molar-refractivity contribution in [3.8, 4) is 0 Å². The van der Waals surface area contributed by atoms with E-state index in [9.17, 15) is 31.9 Å². The maximum absolute atomic E-state index is 14.6. The van der Waals surface area contributed by atoms with E-state index in [0.717, 1.165) is 29.9 Å². The number of imide groups is 2. The van der Waals surface area contributed by atoms with Crippen molar-refractivity contribution >= 4 is 35.4 Å². The number of benzene rings is 1. The Morgan fingerprint density at radius 1 is 1.28 bits per heavy atom. The Labute approximate surface area is 168 Å². The van der Waals surface area contributed by atoms with E-state index in [1.807, 2.05) is 0 Å². The first kappa shape index (κ1) is 21.4. The van der Waals surface area contributed by atoms with Crippen LogP contribution >= 0.6 is 11.8 Å². The minimum absolute atomic E-state index is 0.0725. The summed E-state index contributed by atoms with van der Waals surface area (Å²) in [6, 6.07) is 0.117. The van der Waals surface area contributed by atoms with Crippen LogP contribution in [0.15, 0.2) is 17.0 Å². The summed E-state index contributed by atoms with van der Waals surface area (Å²) in [5.41, 5.74) is -1.82. The van der Waals surface area contributed by atoms with Crippen molar-refractivity contribution in [3.05, 3.63) is 23.5 Å². The molecule has 1 aromatic rings. The zero-order valence-corrected chi connectivity index (χ0v) is 16.7. The summed E-state index contributed by atoms with van der Waals surface area (Å²) >= 11 is 0.428. The number of hydrogen-bond donors (Lipinski definition) is 1. The standard InChI is InChI=1S/C18H19F4N3O3S/c1-9-6-11(19)12(7-13(9)29-8-18(20,21)22)24-14(26)17(2,3)25(16(24)28)15(27)23-10-4-5-10/h6-7,10H,4-5,8H2,1-3H3,(H,23,27). The predicted octanol–water partition coefficient (Wildman–Crippen LogP) is 4.21. The number of urea groups is 2. The highest BCUT2D eigenvalue weighted by Gasteiger charge is 2.56. The predicted molar refractivity (Wildman–Crippen MR) is 98.3 cm³/mol. The first-order valence-electron chi connectivity index (χ1n) is 8.82. The zero-order chi connectivity index (χ0) is 21.7. The zero-order valence-electron chi connectivity index (χ0n) is 15.9. The van der Waals surface area contributed by atoms with Gasteiger partial charge in [-0.25, -0.2) is 23.8 Å². The molecule has 5 amide bonds. The van der Waals surface area contributed by atoms with Crippen LogP contribution in [-0.2, 0) is 4.79 Å². The van der Waals surface area contributed by atoms with Gasteiger partial charge in [-0.2, -0.15) is 13.2 Å². The molecule has 1 saturated heterocycles. The molecule has 1 aliphatic carbocycles. The van der Waals surface area contributed by atoms with Crippen molar-refractivity contribution in [2.24, 2.45) is 0 Å². The van der Waals surface area contributed by atoms with Gasteiger partial charge in [0.1, 0.15) is 11.4 Å². The molecule has 1 aliphatic heterocycles. The van der Waals surface area contributed by atoms with Crippen LogP contribution in [0.5, 0.6) is 0 Å². The molecular formula is C18H19F4N3O3S. The van der Waals surface area contributed by atoms with Crippen molar-refractivity contribution < 1.29 is 31.9 Å². The second-order valence-electron chi connectivity index (χ2n) is 7.51. The van der Waals surface area contributed by atoms with Crippen molar-refractivity contribution in [1.82, 2.24) is 10.2 Å². The summed E-state index contributed by atoms with van der Waals surface area (Å²) in [5, 5.41) is 2.61. The van der Waals surface area contributed by atoms with Crippen LogP contribution in [-0.4, -0.2) is 46.4 Å². The lowest BCUT2D eigenvalue weighted by Crippen LogP contribution is -2.52. The van der Waals surface area contributed by atoms with Crippen LogP contribution < -0.4 is 10.2 Å². The van der Waals surface area contributed by atoms with Gasteiger partial charge in [-0.3, -0.25) is 4.79 Å². The van der Waals surface area contributed by atoms with Gasteiger partial charge in [0.15, 0.2) is 0 Å². The minimum atomic E-state index is -4.44. The maximum atomic E-state index is 14.6. The Balaban J connectivity index is 1.95. The van der Waals surface area contributed by atoms with E-state index >= 15 is 0 Å². The second-order valence-corrected chi connectivity index (χ2v) is 8.53. The van der Waals surface area contributed by atoms with Gasteiger partial charge in [-0.1, -0.05) is 0 Å². The molecular weight excluding hydrogens is 414 g/mol. The Bertz CT molecular complexity index is 884. The third kappa shape index (κ3) is 4.19. The molecule has 29 heavy (non-hydrogen) atoms. The summed E-state index contributed by atoms with van der Waals surface area (Å²) in [6.07, 6.45) is -2.92. The van der Waals surface area contributed by atoms with Crippen molar-refractivity contribution in [3.63, 3.8) is 0 Å². The highest BCUT2D eigenvalue weighted by molar-refractivity contribution is 7.99. The molecule has 0 aromatic heterocycles. The number of rotatable bonds is 4. The smallest absolute Gasteiger partial charge is 0.335 e. The van der Waals surface area contributed by atoms with Gasteiger partial charge in [0.05, 0.1) is 11.4 Å². The van der Waals surface area contributed by atoms with Crippen LogP contribution in [0.2, 0.25) is 0 Å². The Kier molecular flexibility index (Phi) is 5.31. The fraction of sp³-hybridized carbons (Fsp3) is 0.500. The van der Waals surface area contributed by atoms with Gasteiger partial charge in [0.25, 0.3) is 5.91 Å². The number of alkyl halides is 3. The number of thioether (sulfide) groups is 1. The van der Waals surface area contributed by atoms with Gasteiger partial charge in [-0.15, -0.1) is 11.8 Å². The maximum Gasteiger partial charge on any atom is 0.398 e. The Morgan fingerprint density at radius 3 is 2.45 bits per heavy atom. The normalized spacial score (nSPS) is 19.1. The molecule has 11 heteroatoms. The third-order valence-electron chi connectivity index (χ3n) is 4.65. The second kappa shape index (κ2) is 7.19. The quantitative estimate of drug-likeness (QED) is 0.439. The van der Waals surface area contributed by atoms with Crippen LogP contribution in [0.3, 0.4) is 0 Å². The summed E-state index contributed by atoms with van der Waals surface area (Å²) < 4.78 is 52.3. The lowest BCUT2D eigenvalue weighted by atomic mass is 10.0. The molecule has 1 saturated carbocycles. The topological polar surface area (TPSA) is 69.7 Å². The summed E-state index contributed by atoms with van der Waals surface area (Å²) in [4.78, 5) is 39.5. The van der Waals surface area contributed by atoms with E-state index in [2.05, 4.69) is 5.32 Å². The number of halogens is 4. The minimum Gasteiger partial charge on any atom is -0.335 e. The van der Waals surface area contributed by atoms with E-state index < -0.39 is 46.9 Å². The summed E-state index contributed by atoms with van der Waals surface area (Å²) in [7, 11) is 0. The molecule has 2 fully saturated rings. The average Bonchev–Trinajstić information content (AvgIpc) is 3.35. The van der Waals surface area contributed by atoms with Crippen molar-refractivity contribution in [1.29, 1.82) is 0 Å². The largest absolute Gasteiger partial charge is 0.398 e. The summed E-state index contributed by atoms with van der Waals surface area (Å²) in [5.74, 6) is -2.99. The van der Waals surface area contributed by atoms with Gasteiger partial charge in [0.2, 0.25) is 0 Å². The molecule has 2 aliphatic rings.